The number of amides is 2. The summed E-state index contributed by atoms with van der Waals surface area (Å²) in [5.41, 5.74) is 2.08. The van der Waals surface area contributed by atoms with Crippen LogP contribution in [0.2, 0.25) is 0 Å². The molecule has 174 valence electrons. The van der Waals surface area contributed by atoms with Crippen LogP contribution in [0, 0.1) is 5.82 Å². The van der Waals surface area contributed by atoms with E-state index in [4.69, 9.17) is 4.42 Å². The van der Waals surface area contributed by atoms with E-state index in [-0.39, 0.29) is 29.3 Å². The van der Waals surface area contributed by atoms with Gasteiger partial charge < -0.3 is 19.3 Å². The predicted octanol–water partition coefficient (Wildman–Crippen LogP) is 3.81. The highest BCUT2D eigenvalue weighted by atomic mass is 19.1. The molecule has 3 aromatic rings. The van der Waals surface area contributed by atoms with Gasteiger partial charge in [-0.05, 0) is 50.1 Å². The Bertz CT molecular complexity index is 1190. The van der Waals surface area contributed by atoms with Gasteiger partial charge in [-0.15, -0.1) is 0 Å². The molecule has 0 unspecified atom stereocenters. The van der Waals surface area contributed by atoms with Crippen LogP contribution < -0.4 is 0 Å². The van der Waals surface area contributed by atoms with E-state index in [1.807, 2.05) is 19.9 Å². The van der Waals surface area contributed by atoms with Crippen LogP contribution in [0.15, 0.2) is 40.8 Å². The van der Waals surface area contributed by atoms with Gasteiger partial charge in [0.05, 0.1) is 5.69 Å². The molecule has 0 radical (unpaired) electrons. The maximum atomic E-state index is 13.3. The second-order valence-electron chi connectivity index (χ2n) is 9.23. The van der Waals surface area contributed by atoms with Crippen LogP contribution in [0.25, 0.3) is 22.4 Å². The highest BCUT2D eigenvalue weighted by Crippen LogP contribution is 2.32. The van der Waals surface area contributed by atoms with E-state index >= 15 is 0 Å². The number of nitrogens with zero attached hydrogens (tertiary/aromatic N) is 3. The number of halogens is 1. The summed E-state index contributed by atoms with van der Waals surface area (Å²) in [6.45, 7) is 8.38. The van der Waals surface area contributed by atoms with Crippen LogP contribution in [0.4, 0.5) is 4.39 Å². The Morgan fingerprint density at radius 3 is 2.24 bits per heavy atom. The van der Waals surface area contributed by atoms with Crippen LogP contribution in [0.1, 0.15) is 49.7 Å². The maximum Gasteiger partial charge on any atom is 0.289 e. The molecule has 8 heteroatoms. The van der Waals surface area contributed by atoms with Crippen molar-refractivity contribution >= 4 is 22.9 Å². The van der Waals surface area contributed by atoms with E-state index in [9.17, 15) is 19.1 Å². The molecule has 1 aromatic carbocycles. The van der Waals surface area contributed by atoms with Gasteiger partial charge in [0.15, 0.2) is 11.3 Å². The zero-order valence-electron chi connectivity index (χ0n) is 19.3. The normalized spacial score (nSPS) is 14.9. The van der Waals surface area contributed by atoms with Crippen molar-refractivity contribution in [3.8, 4) is 11.3 Å². The lowest BCUT2D eigenvalue weighted by Crippen LogP contribution is -2.55. The molecule has 0 saturated carbocycles. The number of benzene rings is 1. The molecule has 33 heavy (non-hydrogen) atoms. The zero-order valence-corrected chi connectivity index (χ0v) is 19.3. The van der Waals surface area contributed by atoms with Crippen molar-refractivity contribution in [2.75, 3.05) is 26.2 Å². The number of carbonyl (C=O) groups excluding carboxylic acids is 2. The lowest BCUT2D eigenvalue weighted by atomic mass is 10.00. The monoisotopic (exact) mass is 453 g/mol. The Labute approximate surface area is 191 Å². The molecule has 0 atom stereocenters. The summed E-state index contributed by atoms with van der Waals surface area (Å²) in [7, 11) is 0. The van der Waals surface area contributed by atoms with Crippen LogP contribution in [-0.4, -0.2) is 63.5 Å². The average molecular weight is 454 g/mol. The minimum atomic E-state index is -1.44. The van der Waals surface area contributed by atoms with E-state index in [0.717, 1.165) is 11.1 Å². The summed E-state index contributed by atoms with van der Waals surface area (Å²) < 4.78 is 19.3. The van der Waals surface area contributed by atoms with Crippen LogP contribution in [0.3, 0.4) is 0 Å². The van der Waals surface area contributed by atoms with E-state index in [2.05, 4.69) is 4.98 Å². The van der Waals surface area contributed by atoms with Crippen molar-refractivity contribution in [2.45, 2.75) is 39.2 Å². The van der Waals surface area contributed by atoms with Crippen LogP contribution in [-0.2, 0) is 4.79 Å². The SMILES string of the molecule is CC(C)c1cc(-c2ccc(F)cc2)nc2cc(C(=O)N3CCN(C(=O)C(C)(C)O)CC3)oc12. The van der Waals surface area contributed by atoms with Crippen molar-refractivity contribution in [1.82, 2.24) is 14.8 Å². The number of fused-ring (bicyclic) bond motifs is 1. The van der Waals surface area contributed by atoms with Gasteiger partial charge in [-0.2, -0.15) is 0 Å². The van der Waals surface area contributed by atoms with Crippen LogP contribution in [0.5, 0.6) is 0 Å². The third-order valence-corrected chi connectivity index (χ3v) is 5.86. The van der Waals surface area contributed by atoms with Crippen LogP contribution >= 0.6 is 0 Å². The lowest BCUT2D eigenvalue weighted by Gasteiger charge is -2.36. The number of furan rings is 1. The minimum Gasteiger partial charge on any atom is -0.449 e. The average Bonchev–Trinajstić information content (AvgIpc) is 3.21. The number of piperazine rings is 1. The molecular formula is C25H28FN3O4. The Morgan fingerprint density at radius 1 is 1.06 bits per heavy atom. The number of hydrogen-bond donors (Lipinski definition) is 1. The Kier molecular flexibility index (Phi) is 5.97. The number of aromatic nitrogens is 1. The second kappa shape index (κ2) is 8.59. The maximum absolute atomic E-state index is 13.3. The van der Waals surface area contributed by atoms with Gasteiger partial charge in [-0.3, -0.25) is 9.59 Å². The Hall–Kier alpha value is -3.26. The Balaban J connectivity index is 1.60. The molecule has 1 fully saturated rings. The van der Waals surface area contributed by atoms with Gasteiger partial charge in [-0.1, -0.05) is 13.8 Å². The summed E-state index contributed by atoms with van der Waals surface area (Å²) in [4.78, 5) is 33.3. The quantitative estimate of drug-likeness (QED) is 0.649. The molecule has 0 bridgehead atoms. The van der Waals surface area contributed by atoms with Gasteiger partial charge >= 0.3 is 0 Å². The third-order valence-electron chi connectivity index (χ3n) is 5.86. The summed E-state index contributed by atoms with van der Waals surface area (Å²) in [6, 6.07) is 9.69. The summed E-state index contributed by atoms with van der Waals surface area (Å²) in [5, 5.41) is 9.95. The molecule has 0 spiro atoms. The largest absolute Gasteiger partial charge is 0.449 e. The van der Waals surface area contributed by atoms with Crippen molar-refractivity contribution in [3.05, 3.63) is 53.5 Å². The van der Waals surface area contributed by atoms with Crippen molar-refractivity contribution in [3.63, 3.8) is 0 Å². The highest BCUT2D eigenvalue weighted by Gasteiger charge is 2.33. The number of rotatable bonds is 4. The van der Waals surface area contributed by atoms with Gasteiger partial charge in [0.25, 0.3) is 11.8 Å². The van der Waals surface area contributed by atoms with E-state index in [1.54, 1.807) is 28.0 Å². The zero-order chi connectivity index (χ0) is 23.9. The van der Waals surface area contributed by atoms with E-state index in [0.29, 0.717) is 43.0 Å². The predicted molar refractivity (Wildman–Crippen MR) is 122 cm³/mol. The molecule has 7 nitrogen and oxygen atoms in total. The summed E-state index contributed by atoms with van der Waals surface area (Å²) >= 11 is 0. The highest BCUT2D eigenvalue weighted by molar-refractivity contribution is 5.96. The van der Waals surface area contributed by atoms with Crippen molar-refractivity contribution in [2.24, 2.45) is 0 Å². The molecule has 1 saturated heterocycles. The molecule has 2 amide bonds. The molecular weight excluding hydrogens is 425 g/mol. The Morgan fingerprint density at radius 2 is 1.67 bits per heavy atom. The summed E-state index contributed by atoms with van der Waals surface area (Å²) in [5.74, 6) is -0.610. The molecule has 3 heterocycles. The number of pyridine rings is 1. The fourth-order valence-electron chi connectivity index (χ4n) is 4.00. The first-order chi connectivity index (χ1) is 15.5. The first-order valence-corrected chi connectivity index (χ1v) is 11.1. The fourth-order valence-corrected chi connectivity index (χ4v) is 4.00. The van der Waals surface area contributed by atoms with E-state index in [1.165, 1.54) is 26.0 Å². The first kappa shape index (κ1) is 22.9. The van der Waals surface area contributed by atoms with E-state index < -0.39 is 5.60 Å². The number of hydrogen-bond acceptors (Lipinski definition) is 5. The second-order valence-corrected chi connectivity index (χ2v) is 9.23. The minimum absolute atomic E-state index is 0.125. The molecule has 4 rings (SSSR count). The lowest BCUT2D eigenvalue weighted by molar-refractivity contribution is -0.149. The van der Waals surface area contributed by atoms with Crippen molar-refractivity contribution < 1.29 is 23.5 Å². The molecule has 0 aliphatic carbocycles. The van der Waals surface area contributed by atoms with Gasteiger partial charge in [0, 0.05) is 43.4 Å². The summed E-state index contributed by atoms with van der Waals surface area (Å²) in [6.07, 6.45) is 0. The molecule has 1 aliphatic heterocycles. The smallest absolute Gasteiger partial charge is 0.289 e. The fraction of sp³-hybridized carbons (Fsp3) is 0.400. The van der Waals surface area contributed by atoms with Crippen molar-refractivity contribution in [1.29, 1.82) is 0 Å². The van der Waals surface area contributed by atoms with Gasteiger partial charge in [0.2, 0.25) is 0 Å². The first-order valence-electron chi connectivity index (χ1n) is 11.1. The molecule has 1 N–H and O–H groups in total. The van der Waals surface area contributed by atoms with Gasteiger partial charge in [0.1, 0.15) is 16.9 Å². The molecule has 2 aromatic heterocycles. The number of carbonyl (C=O) groups is 2. The standard InChI is InChI=1S/C25H28FN3O4/c1-15(2)18-13-19(16-5-7-17(26)8-6-16)27-20-14-21(33-22(18)20)23(30)28-9-11-29(12-10-28)24(31)25(3,4)32/h5-8,13-15,32H,9-12H2,1-4H3. The third kappa shape index (κ3) is 4.61. The topological polar surface area (TPSA) is 86.9 Å². The number of aliphatic hydroxyl groups is 1. The van der Waals surface area contributed by atoms with Gasteiger partial charge in [-0.25, -0.2) is 9.37 Å². The molecule has 1 aliphatic rings.